The first-order chi connectivity index (χ1) is 15.7. The Kier molecular flexibility index (Phi) is 7.85. The molecule has 0 saturated carbocycles. The summed E-state index contributed by atoms with van der Waals surface area (Å²) >= 11 is 1.32. The van der Waals surface area contributed by atoms with Crippen LogP contribution in [0.1, 0.15) is 23.5 Å². The molecule has 8 nitrogen and oxygen atoms in total. The Morgan fingerprint density at radius 2 is 1.61 bits per heavy atom. The first kappa shape index (κ1) is 24.4. The first-order valence-corrected chi connectivity index (χ1v) is 12.5. The van der Waals surface area contributed by atoms with E-state index >= 15 is 0 Å². The molecule has 2 amide bonds. The SMILES string of the molecule is COc1ccc(S(=O)(=O)N[C@H](C(=O)Nc2cccc(NC(=O)c3cccs3)c2)C(C)C)cc1. The molecule has 1 atom stereocenters. The van der Waals surface area contributed by atoms with Crippen LogP contribution in [0.4, 0.5) is 11.4 Å². The second-order valence-electron chi connectivity index (χ2n) is 7.52. The fourth-order valence-corrected chi connectivity index (χ4v) is 4.94. The molecule has 0 bridgehead atoms. The van der Waals surface area contributed by atoms with Crippen LogP contribution in [0.15, 0.2) is 70.9 Å². The van der Waals surface area contributed by atoms with Crippen molar-refractivity contribution in [1.82, 2.24) is 4.72 Å². The van der Waals surface area contributed by atoms with Crippen molar-refractivity contribution in [3.8, 4) is 5.75 Å². The number of benzene rings is 2. The highest BCUT2D eigenvalue weighted by Gasteiger charge is 2.28. The highest BCUT2D eigenvalue weighted by atomic mass is 32.2. The lowest BCUT2D eigenvalue weighted by atomic mass is 10.0. The van der Waals surface area contributed by atoms with Gasteiger partial charge in [0.1, 0.15) is 11.8 Å². The molecule has 1 aromatic heterocycles. The molecule has 0 aliphatic heterocycles. The maximum atomic E-state index is 12.9. The van der Waals surface area contributed by atoms with Crippen LogP contribution in [0.3, 0.4) is 0 Å². The van der Waals surface area contributed by atoms with Crippen LogP contribution in [0.25, 0.3) is 0 Å². The minimum absolute atomic E-state index is 0.0278. The van der Waals surface area contributed by atoms with E-state index in [4.69, 9.17) is 4.74 Å². The van der Waals surface area contributed by atoms with Crippen molar-refractivity contribution in [2.24, 2.45) is 5.92 Å². The van der Waals surface area contributed by atoms with Gasteiger partial charge in [-0.05, 0) is 59.8 Å². The molecule has 0 radical (unpaired) electrons. The Morgan fingerprint density at radius 1 is 0.939 bits per heavy atom. The number of hydrogen-bond donors (Lipinski definition) is 3. The van der Waals surface area contributed by atoms with Crippen LogP contribution in [-0.2, 0) is 14.8 Å². The van der Waals surface area contributed by atoms with Gasteiger partial charge in [0, 0.05) is 11.4 Å². The summed E-state index contributed by atoms with van der Waals surface area (Å²) in [7, 11) is -2.45. The van der Waals surface area contributed by atoms with Gasteiger partial charge in [-0.15, -0.1) is 11.3 Å². The lowest BCUT2D eigenvalue weighted by molar-refractivity contribution is -0.118. The highest BCUT2D eigenvalue weighted by molar-refractivity contribution is 7.89. The standard InChI is InChI=1S/C23H25N3O5S2/c1-15(2)21(26-33(29,30)19-11-9-18(31-3)10-12-19)23(28)25-17-7-4-6-16(14-17)24-22(27)20-8-5-13-32-20/h4-15,21,26H,1-3H3,(H,24,27)(H,25,28)/t21-/m0/s1. The Balaban J connectivity index is 1.71. The number of sulfonamides is 1. The summed E-state index contributed by atoms with van der Waals surface area (Å²) in [4.78, 5) is 25.8. The van der Waals surface area contributed by atoms with Gasteiger partial charge in [-0.2, -0.15) is 4.72 Å². The van der Waals surface area contributed by atoms with Crippen molar-refractivity contribution in [1.29, 1.82) is 0 Å². The summed E-state index contributed by atoms with van der Waals surface area (Å²) in [6.07, 6.45) is 0. The van der Waals surface area contributed by atoms with Crippen molar-refractivity contribution < 1.29 is 22.7 Å². The van der Waals surface area contributed by atoms with Gasteiger partial charge in [-0.3, -0.25) is 9.59 Å². The number of rotatable bonds is 9. The van der Waals surface area contributed by atoms with E-state index in [0.717, 1.165) is 0 Å². The Bertz CT molecular complexity index is 1210. The van der Waals surface area contributed by atoms with E-state index in [9.17, 15) is 18.0 Å². The summed E-state index contributed by atoms with van der Waals surface area (Å²) < 4.78 is 33.2. The molecule has 33 heavy (non-hydrogen) atoms. The molecular formula is C23H25N3O5S2. The summed E-state index contributed by atoms with van der Waals surface area (Å²) in [5.41, 5.74) is 0.935. The number of methoxy groups -OCH3 is 1. The number of ether oxygens (including phenoxy) is 1. The molecule has 0 saturated heterocycles. The highest BCUT2D eigenvalue weighted by Crippen LogP contribution is 2.20. The summed E-state index contributed by atoms with van der Waals surface area (Å²) in [5, 5.41) is 7.32. The lowest BCUT2D eigenvalue weighted by Crippen LogP contribution is -2.47. The van der Waals surface area contributed by atoms with E-state index in [-0.39, 0.29) is 16.7 Å². The molecular weight excluding hydrogens is 462 g/mol. The van der Waals surface area contributed by atoms with Crippen molar-refractivity contribution in [2.45, 2.75) is 24.8 Å². The monoisotopic (exact) mass is 487 g/mol. The Labute approximate surface area is 197 Å². The topological polar surface area (TPSA) is 114 Å². The van der Waals surface area contributed by atoms with Crippen molar-refractivity contribution in [3.63, 3.8) is 0 Å². The zero-order chi connectivity index (χ0) is 24.0. The van der Waals surface area contributed by atoms with Crippen LogP contribution in [0.2, 0.25) is 0 Å². The zero-order valence-corrected chi connectivity index (χ0v) is 20.0. The second kappa shape index (κ2) is 10.6. The van der Waals surface area contributed by atoms with Gasteiger partial charge < -0.3 is 15.4 Å². The molecule has 2 aromatic carbocycles. The third kappa shape index (κ3) is 6.41. The summed E-state index contributed by atoms with van der Waals surface area (Å²) in [6.45, 7) is 3.50. The van der Waals surface area contributed by atoms with Gasteiger partial charge in [0.05, 0.1) is 16.9 Å². The van der Waals surface area contributed by atoms with Crippen molar-refractivity contribution in [2.75, 3.05) is 17.7 Å². The van der Waals surface area contributed by atoms with E-state index in [0.29, 0.717) is 22.0 Å². The van der Waals surface area contributed by atoms with Gasteiger partial charge in [-0.25, -0.2) is 8.42 Å². The smallest absolute Gasteiger partial charge is 0.265 e. The van der Waals surface area contributed by atoms with Crippen LogP contribution < -0.4 is 20.1 Å². The molecule has 0 aliphatic rings. The molecule has 0 fully saturated rings. The fraction of sp³-hybridized carbons (Fsp3) is 0.217. The Hall–Kier alpha value is -3.21. The molecule has 10 heteroatoms. The quantitative estimate of drug-likeness (QED) is 0.423. The van der Waals surface area contributed by atoms with Gasteiger partial charge >= 0.3 is 0 Å². The van der Waals surface area contributed by atoms with E-state index in [1.165, 1.54) is 42.7 Å². The number of nitrogens with one attached hydrogen (secondary N) is 3. The number of thiophene rings is 1. The van der Waals surface area contributed by atoms with Crippen molar-refractivity contribution >= 4 is 44.5 Å². The average Bonchev–Trinajstić information content (AvgIpc) is 3.33. The number of hydrogen-bond acceptors (Lipinski definition) is 6. The number of carbonyl (C=O) groups excluding carboxylic acids is 2. The molecule has 0 spiro atoms. The molecule has 3 rings (SSSR count). The third-order valence-electron chi connectivity index (χ3n) is 4.73. The summed E-state index contributed by atoms with van der Waals surface area (Å²) in [6, 6.07) is 15.0. The van der Waals surface area contributed by atoms with E-state index in [1.807, 2.05) is 5.38 Å². The molecule has 1 heterocycles. The summed E-state index contributed by atoms with van der Waals surface area (Å²) in [5.74, 6) is -0.553. The second-order valence-corrected chi connectivity index (χ2v) is 10.2. The van der Waals surface area contributed by atoms with E-state index in [2.05, 4.69) is 15.4 Å². The van der Waals surface area contributed by atoms with Crippen LogP contribution in [-0.4, -0.2) is 33.4 Å². The van der Waals surface area contributed by atoms with Gasteiger partial charge in [0.15, 0.2) is 0 Å². The maximum absolute atomic E-state index is 12.9. The first-order valence-electron chi connectivity index (χ1n) is 10.1. The lowest BCUT2D eigenvalue weighted by Gasteiger charge is -2.22. The normalized spacial score (nSPS) is 12.2. The van der Waals surface area contributed by atoms with E-state index < -0.39 is 22.0 Å². The van der Waals surface area contributed by atoms with Gasteiger partial charge in [0.25, 0.3) is 5.91 Å². The fourth-order valence-electron chi connectivity index (χ4n) is 2.98. The molecule has 174 valence electrons. The third-order valence-corrected chi connectivity index (χ3v) is 7.06. The predicted octanol–water partition coefficient (Wildman–Crippen LogP) is 3.95. The maximum Gasteiger partial charge on any atom is 0.265 e. The molecule has 3 N–H and O–H groups in total. The van der Waals surface area contributed by atoms with E-state index in [1.54, 1.807) is 50.2 Å². The minimum atomic E-state index is -3.94. The molecule has 3 aromatic rings. The van der Waals surface area contributed by atoms with Crippen molar-refractivity contribution in [3.05, 3.63) is 70.9 Å². The molecule has 0 aliphatic carbocycles. The number of anilines is 2. The largest absolute Gasteiger partial charge is 0.497 e. The Morgan fingerprint density at radius 3 is 2.18 bits per heavy atom. The number of amides is 2. The number of carbonyl (C=O) groups is 2. The minimum Gasteiger partial charge on any atom is -0.497 e. The van der Waals surface area contributed by atoms with Gasteiger partial charge in [-0.1, -0.05) is 26.0 Å². The molecule has 0 unspecified atom stereocenters. The average molecular weight is 488 g/mol. The van der Waals surface area contributed by atoms with Crippen LogP contribution >= 0.6 is 11.3 Å². The zero-order valence-electron chi connectivity index (χ0n) is 18.4. The predicted molar refractivity (Wildman–Crippen MR) is 129 cm³/mol. The van der Waals surface area contributed by atoms with Crippen LogP contribution in [0.5, 0.6) is 5.75 Å². The van der Waals surface area contributed by atoms with Gasteiger partial charge in [0.2, 0.25) is 15.9 Å². The van der Waals surface area contributed by atoms with Crippen LogP contribution in [0, 0.1) is 5.92 Å².